The first-order valence-electron chi connectivity index (χ1n) is 12.1. The van der Waals surface area contributed by atoms with Crippen molar-refractivity contribution in [3.05, 3.63) is 29.6 Å². The predicted molar refractivity (Wildman–Crippen MR) is 137 cm³/mol. The van der Waals surface area contributed by atoms with Crippen molar-refractivity contribution in [3.63, 3.8) is 0 Å². The molecular formula is C25H38F3N3O5Si. The number of hydrogen-bond acceptors (Lipinski definition) is 6. The van der Waals surface area contributed by atoms with Crippen LogP contribution in [-0.2, 0) is 20.9 Å². The van der Waals surface area contributed by atoms with Crippen LogP contribution >= 0.6 is 0 Å². The molecule has 1 aromatic heterocycles. The minimum Gasteiger partial charge on any atom is -0.444 e. The van der Waals surface area contributed by atoms with Crippen molar-refractivity contribution in [2.45, 2.75) is 90.5 Å². The molecule has 0 aliphatic rings. The highest BCUT2D eigenvalue weighted by atomic mass is 28.3. The molecule has 1 heterocycles. The molecule has 0 aliphatic heterocycles. The van der Waals surface area contributed by atoms with Crippen LogP contribution in [0, 0.1) is 0 Å². The van der Waals surface area contributed by atoms with Crippen molar-refractivity contribution in [2.75, 3.05) is 13.2 Å². The van der Waals surface area contributed by atoms with Crippen molar-refractivity contribution in [1.29, 1.82) is 0 Å². The Hall–Kier alpha value is -2.44. The van der Waals surface area contributed by atoms with Gasteiger partial charge in [0.25, 0.3) is 0 Å². The zero-order valence-corrected chi connectivity index (χ0v) is 23.8. The third-order valence-corrected chi connectivity index (χ3v) is 7.15. The SMILES string of the molecule is CC(C)(C)OC(=O)N[C@@H](COC(C)(C)C(F)(F)F)c1nc2cc(C=O)ccc2n1COCC[Si](C)(C)C. The van der Waals surface area contributed by atoms with Crippen molar-refractivity contribution >= 4 is 31.5 Å². The smallest absolute Gasteiger partial charge is 0.416 e. The minimum absolute atomic E-state index is 0.0475. The third kappa shape index (κ3) is 9.11. The first-order valence-corrected chi connectivity index (χ1v) is 15.8. The number of carbonyl (C=O) groups excluding carboxylic acids is 2. The fourth-order valence-electron chi connectivity index (χ4n) is 3.18. The lowest BCUT2D eigenvalue weighted by Gasteiger charge is -2.30. The molecule has 8 nitrogen and oxygen atoms in total. The van der Waals surface area contributed by atoms with Crippen LogP contribution in [-0.4, -0.2) is 60.6 Å². The Morgan fingerprint density at radius 3 is 2.35 bits per heavy atom. The molecule has 1 aromatic carbocycles. The van der Waals surface area contributed by atoms with Gasteiger partial charge >= 0.3 is 12.3 Å². The number of rotatable bonds is 11. The number of imidazole rings is 1. The molecule has 37 heavy (non-hydrogen) atoms. The number of hydrogen-bond donors (Lipinski definition) is 1. The Balaban J connectivity index is 2.49. The topological polar surface area (TPSA) is 91.7 Å². The van der Waals surface area contributed by atoms with E-state index in [0.717, 1.165) is 19.9 Å². The molecule has 0 fully saturated rings. The van der Waals surface area contributed by atoms with Crippen LogP contribution in [0.1, 0.15) is 56.8 Å². The van der Waals surface area contributed by atoms with Gasteiger partial charge in [0.2, 0.25) is 0 Å². The van der Waals surface area contributed by atoms with Gasteiger partial charge in [0.1, 0.15) is 30.5 Å². The highest BCUT2D eigenvalue weighted by Crippen LogP contribution is 2.34. The first kappa shape index (κ1) is 30.8. The summed E-state index contributed by atoms with van der Waals surface area (Å²) < 4.78 is 58.7. The van der Waals surface area contributed by atoms with Crippen LogP contribution in [0.5, 0.6) is 0 Å². The number of amides is 1. The Labute approximate surface area is 216 Å². The lowest BCUT2D eigenvalue weighted by molar-refractivity contribution is -0.265. The number of fused-ring (bicyclic) bond motifs is 1. The lowest BCUT2D eigenvalue weighted by Crippen LogP contribution is -2.45. The second-order valence-corrected chi connectivity index (χ2v) is 17.3. The second kappa shape index (κ2) is 11.5. The van der Waals surface area contributed by atoms with E-state index in [9.17, 15) is 22.8 Å². The van der Waals surface area contributed by atoms with E-state index in [-0.39, 0.29) is 12.6 Å². The largest absolute Gasteiger partial charge is 0.444 e. The Morgan fingerprint density at radius 2 is 1.81 bits per heavy atom. The molecule has 0 unspecified atom stereocenters. The zero-order valence-electron chi connectivity index (χ0n) is 22.8. The summed E-state index contributed by atoms with van der Waals surface area (Å²) in [4.78, 5) is 28.5. The molecule has 1 atom stereocenters. The summed E-state index contributed by atoms with van der Waals surface area (Å²) in [6.07, 6.45) is -4.80. The van der Waals surface area contributed by atoms with Crippen LogP contribution in [0.4, 0.5) is 18.0 Å². The summed E-state index contributed by atoms with van der Waals surface area (Å²) in [5, 5.41) is 2.60. The summed E-state index contributed by atoms with van der Waals surface area (Å²) in [7, 11) is -1.37. The Kier molecular flexibility index (Phi) is 9.59. The lowest BCUT2D eigenvalue weighted by atomic mass is 10.1. The van der Waals surface area contributed by atoms with Crippen molar-refractivity contribution in [2.24, 2.45) is 0 Å². The number of ether oxygens (including phenoxy) is 3. The fourth-order valence-corrected chi connectivity index (χ4v) is 3.94. The second-order valence-electron chi connectivity index (χ2n) is 11.6. The molecule has 208 valence electrons. The monoisotopic (exact) mass is 545 g/mol. The Bertz CT molecular complexity index is 1090. The van der Waals surface area contributed by atoms with Crippen LogP contribution in [0.25, 0.3) is 11.0 Å². The van der Waals surface area contributed by atoms with E-state index in [2.05, 4.69) is 29.9 Å². The van der Waals surface area contributed by atoms with Crippen molar-refractivity contribution < 1.29 is 37.0 Å². The predicted octanol–water partition coefficient (Wildman–Crippen LogP) is 6.08. The molecule has 12 heteroatoms. The van der Waals surface area contributed by atoms with E-state index in [1.165, 1.54) is 0 Å². The molecule has 0 spiro atoms. The Morgan fingerprint density at radius 1 is 1.16 bits per heavy atom. The van der Waals surface area contributed by atoms with E-state index < -0.39 is 44.2 Å². The molecule has 2 rings (SSSR count). The normalized spacial score (nSPS) is 14.0. The summed E-state index contributed by atoms with van der Waals surface area (Å²) in [6.45, 7) is 13.5. The highest BCUT2D eigenvalue weighted by molar-refractivity contribution is 6.76. The maximum absolute atomic E-state index is 13.5. The number of nitrogens with zero attached hydrogens (tertiary/aromatic N) is 2. The van der Waals surface area contributed by atoms with E-state index >= 15 is 0 Å². The van der Waals surface area contributed by atoms with Gasteiger partial charge in [0, 0.05) is 20.2 Å². The summed E-state index contributed by atoms with van der Waals surface area (Å²) >= 11 is 0. The van der Waals surface area contributed by atoms with Gasteiger partial charge in [-0.15, -0.1) is 0 Å². The number of carbonyl (C=O) groups is 2. The third-order valence-electron chi connectivity index (χ3n) is 5.45. The fraction of sp³-hybridized carbons (Fsp3) is 0.640. The molecule has 1 N–H and O–H groups in total. The number of alkyl carbamates (subject to hydrolysis) is 1. The first-order chi connectivity index (χ1) is 16.8. The molecule has 1 amide bonds. The van der Waals surface area contributed by atoms with Gasteiger partial charge in [0.15, 0.2) is 5.60 Å². The highest BCUT2D eigenvalue weighted by Gasteiger charge is 2.49. The van der Waals surface area contributed by atoms with E-state index in [1.807, 2.05) is 0 Å². The number of alkyl halides is 3. The molecule has 2 aromatic rings. The number of aldehydes is 1. The molecule has 0 saturated heterocycles. The molecule has 0 aliphatic carbocycles. The molecule has 0 radical (unpaired) electrons. The molecular weight excluding hydrogens is 507 g/mol. The average molecular weight is 546 g/mol. The van der Waals surface area contributed by atoms with Crippen LogP contribution in [0.15, 0.2) is 18.2 Å². The zero-order chi connectivity index (χ0) is 28.2. The van der Waals surface area contributed by atoms with Gasteiger partial charge in [-0.1, -0.05) is 19.6 Å². The quantitative estimate of drug-likeness (QED) is 0.209. The van der Waals surface area contributed by atoms with E-state index in [4.69, 9.17) is 14.2 Å². The number of aromatic nitrogens is 2. The van der Waals surface area contributed by atoms with Gasteiger partial charge < -0.3 is 24.1 Å². The van der Waals surface area contributed by atoms with Crippen LogP contribution in [0.2, 0.25) is 25.7 Å². The number of halogens is 3. The van der Waals surface area contributed by atoms with Crippen LogP contribution in [0.3, 0.4) is 0 Å². The van der Waals surface area contributed by atoms with Gasteiger partial charge in [-0.25, -0.2) is 9.78 Å². The minimum atomic E-state index is -4.64. The van der Waals surface area contributed by atoms with E-state index in [1.54, 1.807) is 43.5 Å². The van der Waals surface area contributed by atoms with Gasteiger partial charge in [-0.2, -0.15) is 13.2 Å². The maximum atomic E-state index is 13.5. The van der Waals surface area contributed by atoms with Gasteiger partial charge in [-0.3, -0.25) is 4.79 Å². The summed E-state index contributed by atoms with van der Waals surface area (Å²) in [5.41, 5.74) is -1.90. The van der Waals surface area contributed by atoms with Crippen LogP contribution < -0.4 is 5.32 Å². The van der Waals surface area contributed by atoms with Crippen molar-refractivity contribution in [3.8, 4) is 0 Å². The average Bonchev–Trinajstić information content (AvgIpc) is 3.08. The number of nitrogens with one attached hydrogen (secondary N) is 1. The number of benzene rings is 1. The van der Waals surface area contributed by atoms with Gasteiger partial charge in [0.05, 0.1) is 17.6 Å². The standard InChI is InChI=1S/C25H38F3N3O5Si/c1-23(2,3)36-22(33)30-19(15-35-24(4,5)25(26,27)28)21-29-18-13-17(14-32)9-10-20(18)31(21)16-34-11-12-37(6,7)8/h9-10,13-14,19H,11-12,15-16H2,1-8H3,(H,30,33)/t19-/m0/s1. The van der Waals surface area contributed by atoms with E-state index in [0.29, 0.717) is 29.5 Å². The van der Waals surface area contributed by atoms with Crippen molar-refractivity contribution in [1.82, 2.24) is 14.9 Å². The summed E-state index contributed by atoms with van der Waals surface area (Å²) in [6, 6.07) is 4.66. The molecule has 0 bridgehead atoms. The molecule has 0 saturated carbocycles. The summed E-state index contributed by atoms with van der Waals surface area (Å²) in [5.74, 6) is 0.217. The van der Waals surface area contributed by atoms with Gasteiger partial charge in [-0.05, 0) is 58.9 Å². The maximum Gasteiger partial charge on any atom is 0.416 e.